The molecule has 0 saturated heterocycles. The number of benzene rings is 2. The first-order chi connectivity index (χ1) is 24.1. The first-order valence-corrected chi connectivity index (χ1v) is 19.8. The second-order valence-electron chi connectivity index (χ2n) is 15.2. The van der Waals surface area contributed by atoms with Crippen LogP contribution in [0, 0.1) is 17.8 Å². The molecule has 3 fully saturated rings. The molecule has 0 aliphatic heterocycles. The molecular formula is C41H55ClN6O. The first kappa shape index (κ1) is 34.4. The lowest BCUT2D eigenvalue weighted by atomic mass is 9.56. The van der Waals surface area contributed by atoms with Crippen molar-refractivity contribution in [1.82, 2.24) is 29.8 Å². The summed E-state index contributed by atoms with van der Waals surface area (Å²) in [5.41, 5.74) is 5.09. The van der Waals surface area contributed by atoms with Crippen LogP contribution in [-0.4, -0.2) is 34.9 Å². The van der Waals surface area contributed by atoms with Gasteiger partial charge >= 0.3 is 0 Å². The van der Waals surface area contributed by atoms with Crippen LogP contribution in [0.5, 0.6) is 0 Å². The third-order valence-electron chi connectivity index (χ3n) is 12.3. The molecule has 2 heterocycles. The van der Waals surface area contributed by atoms with Crippen LogP contribution in [-0.2, 0) is 25.1 Å². The highest BCUT2D eigenvalue weighted by Crippen LogP contribution is 2.54. The molecule has 0 unspecified atom stereocenters. The summed E-state index contributed by atoms with van der Waals surface area (Å²) < 4.78 is 2.08. The highest BCUT2D eigenvalue weighted by molar-refractivity contribution is 6.30. The summed E-state index contributed by atoms with van der Waals surface area (Å²) in [7, 11) is 0. The number of hydrogen-bond donors (Lipinski definition) is 1. The highest BCUT2D eigenvalue weighted by atomic mass is 35.5. The van der Waals surface area contributed by atoms with Crippen molar-refractivity contribution in [2.24, 2.45) is 17.8 Å². The van der Waals surface area contributed by atoms with E-state index in [1.165, 1.54) is 96.3 Å². The second kappa shape index (κ2) is 15.9. The number of rotatable bonds is 12. The molecule has 3 aliphatic carbocycles. The number of halogens is 1. The maximum absolute atomic E-state index is 10.1. The molecule has 3 aliphatic rings. The van der Waals surface area contributed by atoms with Gasteiger partial charge in [0.15, 0.2) is 5.15 Å². The van der Waals surface area contributed by atoms with Gasteiger partial charge in [-0.3, -0.25) is 0 Å². The molecule has 1 N–H and O–H groups in total. The summed E-state index contributed by atoms with van der Waals surface area (Å²) in [6.07, 6.45) is 22.9. The molecule has 0 radical (unpaired) electrons. The van der Waals surface area contributed by atoms with Crippen LogP contribution in [0.3, 0.4) is 0 Å². The molecule has 0 atom stereocenters. The van der Waals surface area contributed by atoms with E-state index in [9.17, 15) is 5.11 Å². The van der Waals surface area contributed by atoms with Gasteiger partial charge in [0.1, 0.15) is 5.82 Å². The normalized spacial score (nSPS) is 18.7. The monoisotopic (exact) mass is 682 g/mol. The van der Waals surface area contributed by atoms with Crippen LogP contribution in [0.4, 0.5) is 0 Å². The average molecular weight is 683 g/mol. The predicted octanol–water partition coefficient (Wildman–Crippen LogP) is 10.2. The summed E-state index contributed by atoms with van der Waals surface area (Å²) in [4.78, 5) is 6.80. The Bertz CT molecular complexity index is 1600. The minimum absolute atomic E-state index is 0.0251. The predicted molar refractivity (Wildman–Crippen MR) is 197 cm³/mol. The van der Waals surface area contributed by atoms with Crippen molar-refractivity contribution in [3.8, 4) is 22.5 Å². The van der Waals surface area contributed by atoms with Crippen molar-refractivity contribution < 1.29 is 5.11 Å². The van der Waals surface area contributed by atoms with Crippen LogP contribution < -0.4 is 0 Å². The summed E-state index contributed by atoms with van der Waals surface area (Å²) in [6.45, 7) is 2.67. The maximum Gasteiger partial charge on any atom is 0.205 e. The van der Waals surface area contributed by atoms with Gasteiger partial charge < -0.3 is 9.67 Å². The van der Waals surface area contributed by atoms with E-state index in [0.717, 1.165) is 53.2 Å². The van der Waals surface area contributed by atoms with E-state index in [1.54, 1.807) is 0 Å². The fourth-order valence-corrected chi connectivity index (χ4v) is 10.2. The molecule has 2 aromatic carbocycles. The van der Waals surface area contributed by atoms with Crippen LogP contribution in [0.25, 0.3) is 22.5 Å². The van der Waals surface area contributed by atoms with Gasteiger partial charge in [-0.2, -0.15) is 4.80 Å². The molecule has 4 aromatic rings. The molecule has 8 heteroatoms. The minimum atomic E-state index is -0.124. The maximum atomic E-state index is 10.1. The van der Waals surface area contributed by atoms with E-state index >= 15 is 0 Å². The second-order valence-corrected chi connectivity index (χ2v) is 15.5. The summed E-state index contributed by atoms with van der Waals surface area (Å²) in [5, 5.41) is 25.9. The largest absolute Gasteiger partial charge is 0.390 e. The van der Waals surface area contributed by atoms with E-state index in [1.807, 2.05) is 0 Å². The molecule has 3 saturated carbocycles. The Labute approximate surface area is 297 Å². The van der Waals surface area contributed by atoms with E-state index in [0.29, 0.717) is 35.1 Å². The number of aliphatic hydroxyl groups is 1. The van der Waals surface area contributed by atoms with Crippen LogP contribution in [0.2, 0.25) is 5.15 Å². The van der Waals surface area contributed by atoms with Gasteiger partial charge in [0.05, 0.1) is 17.8 Å². The van der Waals surface area contributed by atoms with Crippen LogP contribution in [0.1, 0.15) is 133 Å². The lowest BCUT2D eigenvalue weighted by Gasteiger charge is -2.53. The summed E-state index contributed by atoms with van der Waals surface area (Å²) in [5.74, 6) is 3.59. The van der Waals surface area contributed by atoms with Gasteiger partial charge in [-0.15, -0.1) is 10.2 Å². The number of unbranched alkanes of at least 4 members (excludes halogenated alkanes) is 1. The van der Waals surface area contributed by atoms with Crippen molar-refractivity contribution in [3.05, 3.63) is 70.8 Å². The fourth-order valence-electron chi connectivity index (χ4n) is 9.94. The summed E-state index contributed by atoms with van der Waals surface area (Å²) >= 11 is 6.43. The van der Waals surface area contributed by atoms with Gasteiger partial charge in [-0.05, 0) is 84.6 Å². The highest BCUT2D eigenvalue weighted by Gasteiger charge is 2.54. The van der Waals surface area contributed by atoms with Crippen molar-refractivity contribution >= 4 is 11.6 Å². The van der Waals surface area contributed by atoms with Crippen molar-refractivity contribution in [1.29, 1.82) is 0 Å². The van der Waals surface area contributed by atoms with Gasteiger partial charge in [-0.25, -0.2) is 4.98 Å². The Morgan fingerprint density at radius 3 is 1.90 bits per heavy atom. The van der Waals surface area contributed by atoms with Gasteiger partial charge in [0, 0.05) is 18.5 Å². The molecule has 0 bridgehead atoms. The lowest BCUT2D eigenvalue weighted by molar-refractivity contribution is -0.0558. The molecule has 7 rings (SSSR count). The standard InChI is InChI=1S/C41H55ClN6O/c1-2-3-23-38-43-39(42)37(29-49)47(38)28-30-24-26-31(27-25-30)35-21-13-14-22-36(35)40-44-46-48(45-40)41(32-15-7-4-8-16-32,33-17-9-5-10-18-33)34-19-11-6-12-20-34/h13-14,21-22,24-27,32-34,49H,2-12,15-20,23,28-29H2,1H3. The Morgan fingerprint density at radius 1 is 0.776 bits per heavy atom. The zero-order chi connectivity index (χ0) is 33.6. The van der Waals surface area contributed by atoms with E-state index in [4.69, 9.17) is 27.0 Å². The molecular weight excluding hydrogens is 628 g/mol. The zero-order valence-corrected chi connectivity index (χ0v) is 30.3. The quantitative estimate of drug-likeness (QED) is 0.161. The fraction of sp³-hybridized carbons (Fsp3) is 0.610. The molecule has 262 valence electrons. The topological polar surface area (TPSA) is 81.7 Å². The van der Waals surface area contributed by atoms with E-state index in [2.05, 4.69) is 69.8 Å². The first-order valence-electron chi connectivity index (χ1n) is 19.5. The number of aryl methyl sites for hydroxylation is 1. The molecule has 49 heavy (non-hydrogen) atoms. The van der Waals surface area contributed by atoms with Gasteiger partial charge in [-0.1, -0.05) is 131 Å². The van der Waals surface area contributed by atoms with Gasteiger partial charge in [0.2, 0.25) is 5.82 Å². The third kappa shape index (κ3) is 6.99. The van der Waals surface area contributed by atoms with Crippen molar-refractivity contribution in [2.75, 3.05) is 0 Å². The Morgan fingerprint density at radius 2 is 1.35 bits per heavy atom. The molecule has 0 spiro atoms. The number of imidazole rings is 1. The molecule has 2 aromatic heterocycles. The number of hydrogen-bond acceptors (Lipinski definition) is 5. The lowest BCUT2D eigenvalue weighted by Crippen LogP contribution is -2.56. The van der Waals surface area contributed by atoms with Crippen LogP contribution in [0.15, 0.2) is 48.5 Å². The van der Waals surface area contributed by atoms with Crippen LogP contribution >= 0.6 is 11.6 Å². The van der Waals surface area contributed by atoms with Crippen molar-refractivity contribution in [2.45, 2.75) is 141 Å². The Kier molecular flexibility index (Phi) is 11.2. The number of aliphatic hydroxyl groups excluding tert-OH is 1. The number of nitrogens with zero attached hydrogens (tertiary/aromatic N) is 6. The Balaban J connectivity index is 1.22. The van der Waals surface area contributed by atoms with E-state index in [-0.39, 0.29) is 12.1 Å². The zero-order valence-electron chi connectivity index (χ0n) is 29.5. The van der Waals surface area contributed by atoms with Crippen molar-refractivity contribution in [3.63, 3.8) is 0 Å². The molecule has 7 nitrogen and oxygen atoms in total. The summed E-state index contributed by atoms with van der Waals surface area (Å²) in [6, 6.07) is 17.3. The Hall–Kier alpha value is -3.03. The third-order valence-corrected chi connectivity index (χ3v) is 12.6. The number of tetrazole rings is 1. The average Bonchev–Trinajstić information content (AvgIpc) is 3.77. The SMILES string of the molecule is CCCCc1nc(Cl)c(CO)n1Cc1ccc(-c2ccccc2-c2nnn(C(C3CCCCC3)(C3CCCCC3)C3CCCCC3)n2)cc1. The van der Waals surface area contributed by atoms with Gasteiger partial charge in [0.25, 0.3) is 0 Å². The smallest absolute Gasteiger partial charge is 0.205 e. The number of aromatic nitrogens is 6. The minimum Gasteiger partial charge on any atom is -0.390 e. The van der Waals surface area contributed by atoms with E-state index < -0.39 is 0 Å². The molecule has 0 amide bonds.